The van der Waals surface area contributed by atoms with Gasteiger partial charge in [-0.1, -0.05) is 148 Å². The number of carbonyl (C=O) groups is 1. The molecule has 0 spiro atoms. The summed E-state index contributed by atoms with van der Waals surface area (Å²) in [4.78, 5) is 12.9. The van der Waals surface area contributed by atoms with Crippen LogP contribution in [0.25, 0.3) is 0 Å². The van der Waals surface area contributed by atoms with Crippen molar-refractivity contribution in [1.82, 2.24) is 5.32 Å². The Morgan fingerprint density at radius 2 is 1.21 bits per heavy atom. The number of aliphatic hydroxyl groups excluding tert-OH is 6. The molecule has 8 atom stereocenters. The largest absolute Gasteiger partial charge is 0.394 e. The van der Waals surface area contributed by atoms with Crippen LogP contribution in [0.2, 0.25) is 0 Å². The van der Waals surface area contributed by atoms with E-state index in [4.69, 9.17) is 9.47 Å². The predicted molar refractivity (Wildman–Crippen MR) is 186 cm³/mol. The van der Waals surface area contributed by atoms with E-state index in [1.807, 2.05) is 6.08 Å². The second-order valence-corrected chi connectivity index (χ2v) is 13.5. The molecule has 1 heterocycles. The molecule has 0 saturated carbocycles. The number of allylic oxidation sites excluding steroid dienone is 1. The van der Waals surface area contributed by atoms with Gasteiger partial charge in [-0.25, -0.2) is 0 Å². The summed E-state index contributed by atoms with van der Waals surface area (Å²) in [7, 11) is 0. The minimum Gasteiger partial charge on any atom is -0.394 e. The Labute approximate surface area is 285 Å². The lowest BCUT2D eigenvalue weighted by molar-refractivity contribution is -0.302. The number of hydrogen-bond donors (Lipinski definition) is 7. The molecule has 1 saturated heterocycles. The smallest absolute Gasteiger partial charge is 0.249 e. The second-order valence-electron chi connectivity index (χ2n) is 13.5. The van der Waals surface area contributed by atoms with Crippen LogP contribution in [0.5, 0.6) is 0 Å². The quantitative estimate of drug-likeness (QED) is 0.0401. The van der Waals surface area contributed by atoms with Crippen molar-refractivity contribution in [3.8, 4) is 0 Å². The maximum absolute atomic E-state index is 12.9. The highest BCUT2D eigenvalue weighted by Crippen LogP contribution is 2.22. The zero-order valence-electron chi connectivity index (χ0n) is 29.7. The van der Waals surface area contributed by atoms with Crippen molar-refractivity contribution in [1.29, 1.82) is 0 Å². The van der Waals surface area contributed by atoms with Gasteiger partial charge in [0.1, 0.15) is 30.5 Å². The fraction of sp³-hybridized carbons (Fsp3) is 0.919. The SMILES string of the molecule is CCCCCCCCCCCC/C=C/C(O)C(COC1OC(CO)C(O)C(O)C1O)NC(=O)C(O)CCCCCCCCCCCC. The Hall–Kier alpha value is -1.11. The van der Waals surface area contributed by atoms with Crippen molar-refractivity contribution in [3.63, 3.8) is 0 Å². The Bertz CT molecular complexity index is 768. The molecule has 1 aliphatic heterocycles. The van der Waals surface area contributed by atoms with Crippen LogP contribution in [-0.2, 0) is 14.3 Å². The van der Waals surface area contributed by atoms with Crippen LogP contribution in [0.4, 0.5) is 0 Å². The summed E-state index contributed by atoms with van der Waals surface area (Å²) in [5.41, 5.74) is 0. The lowest BCUT2D eigenvalue weighted by Crippen LogP contribution is -2.60. The minimum absolute atomic E-state index is 0.302. The first kappa shape index (κ1) is 43.9. The van der Waals surface area contributed by atoms with E-state index in [0.29, 0.717) is 6.42 Å². The molecule has 0 radical (unpaired) electrons. The molecule has 1 fully saturated rings. The molecule has 10 heteroatoms. The highest BCUT2D eigenvalue weighted by Gasteiger charge is 2.44. The molecule has 8 unspecified atom stereocenters. The van der Waals surface area contributed by atoms with Gasteiger partial charge in [0.2, 0.25) is 5.91 Å². The number of ether oxygens (including phenoxy) is 2. The first-order valence-electron chi connectivity index (χ1n) is 19.0. The summed E-state index contributed by atoms with van der Waals surface area (Å²) in [5.74, 6) is -0.620. The lowest BCUT2D eigenvalue weighted by atomic mass is 9.99. The van der Waals surface area contributed by atoms with E-state index < -0.39 is 61.5 Å². The first-order valence-corrected chi connectivity index (χ1v) is 19.0. The van der Waals surface area contributed by atoms with Gasteiger partial charge in [-0.05, 0) is 19.3 Å². The van der Waals surface area contributed by atoms with Crippen molar-refractivity contribution >= 4 is 5.91 Å². The molecular formula is C37H71NO9. The molecule has 1 amide bonds. The Balaban J connectivity index is 2.55. The van der Waals surface area contributed by atoms with E-state index >= 15 is 0 Å². The maximum Gasteiger partial charge on any atom is 0.249 e. The maximum atomic E-state index is 12.9. The molecule has 278 valence electrons. The number of unbranched alkanes of at least 4 members (excludes halogenated alkanes) is 19. The van der Waals surface area contributed by atoms with Crippen LogP contribution in [-0.4, -0.2) is 98.7 Å². The standard InChI is InChI=1S/C37H71NO9/c1-3-5-7-9-11-13-15-16-18-19-21-23-25-30(40)29(28-46-37-35(44)34(43)33(42)32(27-39)47-37)38-36(45)31(41)26-24-22-20-17-14-12-10-8-6-4-2/h23,25,29-35,37,39-44H,3-22,24,26-28H2,1-2H3,(H,38,45)/b25-23+. The second kappa shape index (κ2) is 28.7. The van der Waals surface area contributed by atoms with Crippen LogP contribution in [0.1, 0.15) is 155 Å². The molecule has 0 aromatic rings. The monoisotopic (exact) mass is 674 g/mol. The Morgan fingerprint density at radius 3 is 1.72 bits per heavy atom. The third kappa shape index (κ3) is 20.2. The fourth-order valence-electron chi connectivity index (χ4n) is 5.98. The highest BCUT2D eigenvalue weighted by molar-refractivity contribution is 5.80. The third-order valence-electron chi connectivity index (χ3n) is 9.22. The van der Waals surface area contributed by atoms with Crippen molar-refractivity contribution in [3.05, 3.63) is 12.2 Å². The molecule has 0 aromatic carbocycles. The van der Waals surface area contributed by atoms with Crippen molar-refractivity contribution in [2.45, 2.75) is 204 Å². The van der Waals surface area contributed by atoms with E-state index in [0.717, 1.165) is 44.9 Å². The minimum atomic E-state index is -1.60. The van der Waals surface area contributed by atoms with Gasteiger partial charge in [-0.3, -0.25) is 4.79 Å². The average Bonchev–Trinajstić information content (AvgIpc) is 3.07. The van der Waals surface area contributed by atoms with Crippen molar-refractivity contribution in [2.24, 2.45) is 0 Å². The number of rotatable bonds is 30. The summed E-state index contributed by atoms with van der Waals surface area (Å²) in [5, 5.41) is 64.1. The molecule has 1 aliphatic rings. The van der Waals surface area contributed by atoms with Gasteiger partial charge in [0.25, 0.3) is 0 Å². The highest BCUT2D eigenvalue weighted by atomic mass is 16.7. The molecule has 47 heavy (non-hydrogen) atoms. The fourth-order valence-corrected chi connectivity index (χ4v) is 5.98. The summed E-state index contributed by atoms with van der Waals surface area (Å²) < 4.78 is 11.1. The summed E-state index contributed by atoms with van der Waals surface area (Å²) in [6.45, 7) is 3.54. The van der Waals surface area contributed by atoms with E-state index in [2.05, 4.69) is 19.2 Å². The van der Waals surface area contributed by atoms with Gasteiger partial charge < -0.3 is 45.4 Å². The average molecular weight is 674 g/mol. The Kier molecular flexibility index (Phi) is 26.8. The summed E-state index contributed by atoms with van der Waals surface area (Å²) >= 11 is 0. The molecule has 1 rings (SSSR count). The predicted octanol–water partition coefficient (Wildman–Crippen LogP) is 5.19. The van der Waals surface area contributed by atoms with Crippen molar-refractivity contribution < 1.29 is 44.9 Å². The zero-order chi connectivity index (χ0) is 34.7. The molecule has 10 nitrogen and oxygen atoms in total. The van der Waals surface area contributed by atoms with Crippen molar-refractivity contribution in [2.75, 3.05) is 13.2 Å². The van der Waals surface area contributed by atoms with Gasteiger partial charge in [0.15, 0.2) is 6.29 Å². The van der Waals surface area contributed by atoms with Crippen LogP contribution >= 0.6 is 0 Å². The van der Waals surface area contributed by atoms with Gasteiger partial charge in [0, 0.05) is 0 Å². The number of carbonyl (C=O) groups excluding carboxylic acids is 1. The molecule has 0 bridgehead atoms. The van der Waals surface area contributed by atoms with E-state index in [9.17, 15) is 35.4 Å². The molecule has 0 aliphatic carbocycles. The number of hydrogen-bond acceptors (Lipinski definition) is 9. The van der Waals surface area contributed by atoms with Crippen LogP contribution in [0.15, 0.2) is 12.2 Å². The number of amides is 1. The van der Waals surface area contributed by atoms with E-state index in [-0.39, 0.29) is 6.61 Å². The van der Waals surface area contributed by atoms with Gasteiger partial charge in [-0.15, -0.1) is 0 Å². The van der Waals surface area contributed by atoms with Gasteiger partial charge >= 0.3 is 0 Å². The van der Waals surface area contributed by atoms with Gasteiger partial charge in [-0.2, -0.15) is 0 Å². The van der Waals surface area contributed by atoms with E-state index in [1.165, 1.54) is 89.9 Å². The topological polar surface area (TPSA) is 169 Å². The lowest BCUT2D eigenvalue weighted by Gasteiger charge is -2.40. The Morgan fingerprint density at radius 1 is 0.723 bits per heavy atom. The third-order valence-corrected chi connectivity index (χ3v) is 9.22. The van der Waals surface area contributed by atoms with Gasteiger partial charge in [0.05, 0.1) is 25.4 Å². The van der Waals surface area contributed by atoms with Crippen LogP contribution in [0, 0.1) is 0 Å². The number of nitrogens with one attached hydrogen (secondary N) is 1. The molecule has 0 aromatic heterocycles. The van der Waals surface area contributed by atoms with Crippen LogP contribution < -0.4 is 5.32 Å². The normalized spacial score (nSPS) is 23.6. The molecular weight excluding hydrogens is 602 g/mol. The zero-order valence-corrected chi connectivity index (χ0v) is 29.7. The first-order chi connectivity index (χ1) is 22.8. The summed E-state index contributed by atoms with van der Waals surface area (Å²) in [6.07, 6.45) is 18.8. The summed E-state index contributed by atoms with van der Waals surface area (Å²) in [6, 6.07) is -0.971. The van der Waals surface area contributed by atoms with Crippen LogP contribution in [0.3, 0.4) is 0 Å². The number of aliphatic hydroxyl groups is 6. The van der Waals surface area contributed by atoms with E-state index in [1.54, 1.807) is 6.08 Å². The molecule has 7 N–H and O–H groups in total.